The van der Waals surface area contributed by atoms with Crippen LogP contribution in [0.5, 0.6) is 0 Å². The second-order valence-corrected chi connectivity index (χ2v) is 7.32. The van der Waals surface area contributed by atoms with Crippen molar-refractivity contribution in [2.75, 3.05) is 0 Å². The molecular formula is C18H26. The first-order valence-corrected chi connectivity index (χ1v) is 8.24. The molecule has 0 amide bonds. The number of hydrogen-bond acceptors (Lipinski definition) is 0. The molecule has 3 fully saturated rings. The van der Waals surface area contributed by atoms with Gasteiger partial charge in [0.1, 0.15) is 0 Å². The Morgan fingerprint density at radius 3 is 2.94 bits per heavy atom. The third-order valence-corrected chi connectivity index (χ3v) is 6.32. The smallest absolute Gasteiger partial charge is 0.0132 e. The molecule has 0 aromatic heterocycles. The molecule has 1 unspecified atom stereocenters. The largest absolute Gasteiger partial charge is 0.0804 e. The molecule has 0 heterocycles. The minimum Gasteiger partial charge on any atom is -0.0804 e. The minimum absolute atomic E-state index is 0.935. The molecule has 0 aromatic carbocycles. The van der Waals surface area contributed by atoms with Gasteiger partial charge in [0.05, 0.1) is 0 Å². The highest BCUT2D eigenvalue weighted by molar-refractivity contribution is 5.42. The van der Waals surface area contributed by atoms with Gasteiger partial charge in [-0.2, -0.15) is 0 Å². The Labute approximate surface area is 112 Å². The number of hydrogen-bond donors (Lipinski definition) is 0. The Kier molecular flexibility index (Phi) is 2.67. The maximum atomic E-state index is 2.64. The van der Waals surface area contributed by atoms with Crippen LogP contribution in [0.2, 0.25) is 0 Å². The van der Waals surface area contributed by atoms with Crippen LogP contribution in [0.4, 0.5) is 0 Å². The summed E-state index contributed by atoms with van der Waals surface area (Å²) >= 11 is 0. The summed E-state index contributed by atoms with van der Waals surface area (Å²) in [6, 6.07) is 0. The van der Waals surface area contributed by atoms with Gasteiger partial charge < -0.3 is 0 Å². The summed E-state index contributed by atoms with van der Waals surface area (Å²) in [5.41, 5.74) is 5.54. The molecular weight excluding hydrogens is 216 g/mol. The van der Waals surface area contributed by atoms with E-state index in [-0.39, 0.29) is 0 Å². The topological polar surface area (TPSA) is 0 Å². The van der Waals surface area contributed by atoms with Gasteiger partial charge in [0, 0.05) is 0 Å². The molecule has 0 aliphatic heterocycles. The lowest BCUT2D eigenvalue weighted by Crippen LogP contribution is -2.30. The molecule has 18 heavy (non-hydrogen) atoms. The normalized spacial score (nSPS) is 43.1. The van der Waals surface area contributed by atoms with Gasteiger partial charge in [-0.05, 0) is 79.8 Å². The number of allylic oxidation sites excluding steroid dienone is 4. The Hall–Kier alpha value is -0.520. The summed E-state index contributed by atoms with van der Waals surface area (Å²) in [5, 5.41) is 0. The summed E-state index contributed by atoms with van der Waals surface area (Å²) in [6.07, 6.45) is 15.8. The predicted molar refractivity (Wildman–Crippen MR) is 76.3 cm³/mol. The SMILES string of the molecule is CC1CCC2=CC[C@@H]3C(=C2C1)CC[C@@H]1CCC[C@H]13. The van der Waals surface area contributed by atoms with E-state index in [1.165, 1.54) is 57.8 Å². The highest BCUT2D eigenvalue weighted by Crippen LogP contribution is 2.53. The van der Waals surface area contributed by atoms with E-state index in [4.69, 9.17) is 0 Å². The first-order valence-electron chi connectivity index (χ1n) is 8.24. The fourth-order valence-electron chi connectivity index (χ4n) is 5.40. The Balaban J connectivity index is 1.69. The van der Waals surface area contributed by atoms with Gasteiger partial charge in [-0.1, -0.05) is 31.4 Å². The van der Waals surface area contributed by atoms with Gasteiger partial charge in [0.25, 0.3) is 0 Å². The fraction of sp³-hybridized carbons (Fsp3) is 0.778. The summed E-state index contributed by atoms with van der Waals surface area (Å²) in [6.45, 7) is 2.45. The van der Waals surface area contributed by atoms with E-state index >= 15 is 0 Å². The fourth-order valence-corrected chi connectivity index (χ4v) is 5.40. The van der Waals surface area contributed by atoms with Crippen LogP contribution in [0.15, 0.2) is 22.8 Å². The lowest BCUT2D eigenvalue weighted by atomic mass is 9.63. The molecule has 4 rings (SSSR count). The molecule has 0 spiro atoms. The molecule has 4 aliphatic rings. The van der Waals surface area contributed by atoms with Gasteiger partial charge in [-0.15, -0.1) is 0 Å². The second-order valence-electron chi connectivity index (χ2n) is 7.32. The van der Waals surface area contributed by atoms with Crippen LogP contribution in [0.1, 0.15) is 64.7 Å². The van der Waals surface area contributed by atoms with Gasteiger partial charge in [-0.25, -0.2) is 0 Å². The Morgan fingerprint density at radius 2 is 2.00 bits per heavy atom. The first-order chi connectivity index (χ1) is 8.83. The molecule has 0 bridgehead atoms. The minimum atomic E-state index is 0.935. The number of fused-ring (bicyclic) bond motifs is 4. The van der Waals surface area contributed by atoms with Crippen molar-refractivity contribution in [1.29, 1.82) is 0 Å². The van der Waals surface area contributed by atoms with Gasteiger partial charge in [-0.3, -0.25) is 0 Å². The van der Waals surface area contributed by atoms with E-state index in [1.807, 2.05) is 11.1 Å². The van der Waals surface area contributed by atoms with Crippen molar-refractivity contribution in [1.82, 2.24) is 0 Å². The van der Waals surface area contributed by atoms with Gasteiger partial charge in [0.15, 0.2) is 0 Å². The highest BCUT2D eigenvalue weighted by Gasteiger charge is 2.41. The Bertz CT molecular complexity index is 412. The zero-order valence-electron chi connectivity index (χ0n) is 11.8. The second kappa shape index (κ2) is 4.25. The highest BCUT2D eigenvalue weighted by atomic mass is 14.5. The first kappa shape index (κ1) is 11.3. The summed E-state index contributed by atoms with van der Waals surface area (Å²) < 4.78 is 0. The molecule has 0 saturated heterocycles. The third-order valence-electron chi connectivity index (χ3n) is 6.32. The summed E-state index contributed by atoms with van der Waals surface area (Å²) in [5.74, 6) is 4.06. The molecule has 3 saturated carbocycles. The van der Waals surface area contributed by atoms with Crippen LogP contribution in [0.3, 0.4) is 0 Å². The summed E-state index contributed by atoms with van der Waals surface area (Å²) in [7, 11) is 0. The van der Waals surface area contributed by atoms with Crippen molar-refractivity contribution < 1.29 is 0 Å². The van der Waals surface area contributed by atoms with Gasteiger partial charge in [0.2, 0.25) is 0 Å². The number of rotatable bonds is 0. The summed E-state index contributed by atoms with van der Waals surface area (Å²) in [4.78, 5) is 0. The average molecular weight is 242 g/mol. The van der Waals surface area contributed by atoms with Crippen molar-refractivity contribution in [3.8, 4) is 0 Å². The monoisotopic (exact) mass is 242 g/mol. The van der Waals surface area contributed by atoms with Crippen LogP contribution in [0.25, 0.3) is 0 Å². The van der Waals surface area contributed by atoms with Gasteiger partial charge >= 0.3 is 0 Å². The van der Waals surface area contributed by atoms with E-state index in [0.29, 0.717) is 0 Å². The van der Waals surface area contributed by atoms with Crippen molar-refractivity contribution in [3.63, 3.8) is 0 Å². The maximum Gasteiger partial charge on any atom is -0.0132 e. The van der Waals surface area contributed by atoms with Crippen LogP contribution >= 0.6 is 0 Å². The van der Waals surface area contributed by atoms with E-state index in [2.05, 4.69) is 13.0 Å². The molecule has 0 radical (unpaired) electrons. The molecule has 0 aromatic rings. The van der Waals surface area contributed by atoms with Crippen LogP contribution in [-0.2, 0) is 0 Å². The average Bonchev–Trinajstić information content (AvgIpc) is 2.86. The molecule has 4 atom stereocenters. The molecule has 0 heteroatoms. The van der Waals surface area contributed by atoms with Crippen LogP contribution in [0, 0.1) is 23.7 Å². The zero-order chi connectivity index (χ0) is 12.1. The molecule has 98 valence electrons. The maximum absolute atomic E-state index is 2.64. The molecule has 0 N–H and O–H groups in total. The van der Waals surface area contributed by atoms with Crippen molar-refractivity contribution >= 4 is 0 Å². The standard InChI is InChI=1S/C18H26/c1-12-5-6-14-8-9-16-15-4-2-3-13(15)7-10-17(16)18(14)11-12/h8,12-13,15-16H,2-7,9-11H2,1H3/t12?,13-,15+,16-/m0/s1. The lowest BCUT2D eigenvalue weighted by Gasteiger charge is -2.42. The van der Waals surface area contributed by atoms with E-state index in [0.717, 1.165) is 23.7 Å². The van der Waals surface area contributed by atoms with Crippen molar-refractivity contribution in [2.24, 2.45) is 23.7 Å². The Morgan fingerprint density at radius 1 is 1.06 bits per heavy atom. The van der Waals surface area contributed by atoms with Crippen molar-refractivity contribution in [2.45, 2.75) is 64.7 Å². The zero-order valence-corrected chi connectivity index (χ0v) is 11.8. The predicted octanol–water partition coefficient (Wildman–Crippen LogP) is 5.26. The van der Waals surface area contributed by atoms with Crippen LogP contribution < -0.4 is 0 Å². The quantitative estimate of drug-likeness (QED) is 0.543. The molecule has 0 nitrogen and oxygen atoms in total. The van der Waals surface area contributed by atoms with E-state index in [9.17, 15) is 0 Å². The third kappa shape index (κ3) is 1.64. The van der Waals surface area contributed by atoms with E-state index < -0.39 is 0 Å². The lowest BCUT2D eigenvalue weighted by molar-refractivity contribution is 0.231. The van der Waals surface area contributed by atoms with Crippen molar-refractivity contribution in [3.05, 3.63) is 22.8 Å². The van der Waals surface area contributed by atoms with Crippen LogP contribution in [-0.4, -0.2) is 0 Å². The van der Waals surface area contributed by atoms with E-state index in [1.54, 1.807) is 5.57 Å². The molecule has 4 aliphatic carbocycles.